The van der Waals surface area contributed by atoms with Gasteiger partial charge in [-0.1, -0.05) is 26.2 Å². The molecule has 0 unspecified atom stereocenters. The first kappa shape index (κ1) is 17.1. The number of methoxy groups -OCH3 is 3. The Hall–Kier alpha value is -1.91. The maximum absolute atomic E-state index is 12.0. The van der Waals surface area contributed by atoms with Crippen LogP contribution in [-0.4, -0.2) is 33.9 Å². The van der Waals surface area contributed by atoms with Crippen molar-refractivity contribution in [3.05, 3.63) is 17.7 Å². The summed E-state index contributed by atoms with van der Waals surface area (Å²) < 4.78 is 20.9. The summed E-state index contributed by atoms with van der Waals surface area (Å²) in [5, 5.41) is 0. The lowest BCUT2D eigenvalue weighted by molar-refractivity contribution is 0.0497. The van der Waals surface area contributed by atoms with Crippen molar-refractivity contribution in [2.45, 2.75) is 32.6 Å². The van der Waals surface area contributed by atoms with Crippen LogP contribution < -0.4 is 14.2 Å². The number of esters is 1. The molecule has 1 aromatic rings. The minimum Gasteiger partial charge on any atom is -0.493 e. The predicted octanol–water partition coefficient (Wildman–Crippen LogP) is 3.45. The molecule has 0 N–H and O–H groups in total. The number of rotatable bonds is 9. The number of unbranched alkanes of at least 4 members (excludes halogenated alkanes) is 3. The van der Waals surface area contributed by atoms with E-state index >= 15 is 0 Å². The molecular formula is C16H24O5. The average Bonchev–Trinajstić information content (AvgIpc) is 2.52. The van der Waals surface area contributed by atoms with Gasteiger partial charge >= 0.3 is 5.97 Å². The minimum atomic E-state index is -0.384. The fourth-order valence-corrected chi connectivity index (χ4v) is 1.98. The molecule has 0 saturated carbocycles. The Labute approximate surface area is 126 Å². The van der Waals surface area contributed by atoms with Gasteiger partial charge in [0.15, 0.2) is 11.5 Å². The molecular weight excluding hydrogens is 272 g/mol. The Balaban J connectivity index is 2.75. The van der Waals surface area contributed by atoms with Gasteiger partial charge < -0.3 is 18.9 Å². The summed E-state index contributed by atoms with van der Waals surface area (Å²) in [7, 11) is 4.54. The van der Waals surface area contributed by atoms with E-state index in [1.54, 1.807) is 12.1 Å². The molecule has 0 bridgehead atoms. The third kappa shape index (κ3) is 4.85. The predicted molar refractivity (Wildman–Crippen MR) is 80.5 cm³/mol. The van der Waals surface area contributed by atoms with Crippen molar-refractivity contribution in [2.75, 3.05) is 27.9 Å². The first-order valence-corrected chi connectivity index (χ1v) is 7.15. The van der Waals surface area contributed by atoms with Gasteiger partial charge in [-0.15, -0.1) is 0 Å². The molecule has 118 valence electrons. The summed E-state index contributed by atoms with van der Waals surface area (Å²) in [6, 6.07) is 3.19. The van der Waals surface area contributed by atoms with E-state index in [1.165, 1.54) is 21.3 Å². The van der Waals surface area contributed by atoms with Gasteiger partial charge in [0.05, 0.1) is 33.5 Å². The second-order valence-electron chi connectivity index (χ2n) is 4.61. The van der Waals surface area contributed by atoms with E-state index in [9.17, 15) is 4.79 Å². The zero-order valence-electron chi connectivity index (χ0n) is 13.2. The highest BCUT2D eigenvalue weighted by Gasteiger charge is 2.17. The zero-order valence-corrected chi connectivity index (χ0v) is 13.2. The number of benzene rings is 1. The summed E-state index contributed by atoms with van der Waals surface area (Å²) in [5.74, 6) is 0.954. The second-order valence-corrected chi connectivity index (χ2v) is 4.61. The Morgan fingerprint density at radius 3 is 2.05 bits per heavy atom. The molecule has 0 atom stereocenters. The Bertz CT molecular complexity index is 431. The molecule has 1 rings (SSSR count). The monoisotopic (exact) mass is 296 g/mol. The first-order chi connectivity index (χ1) is 10.2. The SMILES string of the molecule is CCCCCCOC(=O)c1cc(OC)c(OC)c(OC)c1. The third-order valence-corrected chi connectivity index (χ3v) is 3.13. The summed E-state index contributed by atoms with van der Waals surface area (Å²) >= 11 is 0. The van der Waals surface area contributed by atoms with Crippen LogP contribution in [0.3, 0.4) is 0 Å². The van der Waals surface area contributed by atoms with E-state index in [0.29, 0.717) is 29.4 Å². The van der Waals surface area contributed by atoms with Gasteiger partial charge in [0, 0.05) is 0 Å². The molecule has 0 saturated heterocycles. The van der Waals surface area contributed by atoms with Crippen LogP contribution in [0.1, 0.15) is 43.0 Å². The Morgan fingerprint density at radius 2 is 1.57 bits per heavy atom. The maximum atomic E-state index is 12.0. The molecule has 0 fully saturated rings. The van der Waals surface area contributed by atoms with E-state index in [2.05, 4.69) is 6.92 Å². The zero-order chi connectivity index (χ0) is 15.7. The lowest BCUT2D eigenvalue weighted by Crippen LogP contribution is -2.08. The van der Waals surface area contributed by atoms with Crippen molar-refractivity contribution < 1.29 is 23.7 Å². The van der Waals surface area contributed by atoms with Crippen molar-refractivity contribution in [1.29, 1.82) is 0 Å². The van der Waals surface area contributed by atoms with Crippen LogP contribution in [0.2, 0.25) is 0 Å². The van der Waals surface area contributed by atoms with Crippen molar-refractivity contribution in [2.24, 2.45) is 0 Å². The van der Waals surface area contributed by atoms with Crippen LogP contribution in [0.15, 0.2) is 12.1 Å². The minimum absolute atomic E-state index is 0.384. The van der Waals surface area contributed by atoms with Crippen LogP contribution in [-0.2, 0) is 4.74 Å². The molecule has 0 aliphatic heterocycles. The van der Waals surface area contributed by atoms with Crippen LogP contribution >= 0.6 is 0 Å². The fourth-order valence-electron chi connectivity index (χ4n) is 1.98. The summed E-state index contributed by atoms with van der Waals surface area (Å²) in [5.41, 5.74) is 0.389. The highest BCUT2D eigenvalue weighted by molar-refractivity contribution is 5.91. The normalized spacial score (nSPS) is 10.1. The van der Waals surface area contributed by atoms with Crippen LogP contribution in [0, 0.1) is 0 Å². The molecule has 0 spiro atoms. The molecule has 0 amide bonds. The van der Waals surface area contributed by atoms with Crippen LogP contribution in [0.4, 0.5) is 0 Å². The molecule has 0 aliphatic carbocycles. The molecule has 21 heavy (non-hydrogen) atoms. The number of ether oxygens (including phenoxy) is 4. The van der Waals surface area contributed by atoms with Gasteiger partial charge in [-0.2, -0.15) is 0 Å². The van der Waals surface area contributed by atoms with Crippen molar-refractivity contribution in [3.63, 3.8) is 0 Å². The number of hydrogen-bond donors (Lipinski definition) is 0. The number of carbonyl (C=O) groups is 1. The van der Waals surface area contributed by atoms with Gasteiger partial charge in [-0.05, 0) is 18.6 Å². The van der Waals surface area contributed by atoms with Gasteiger partial charge in [0.2, 0.25) is 5.75 Å². The topological polar surface area (TPSA) is 54.0 Å². The van der Waals surface area contributed by atoms with Crippen LogP contribution in [0.25, 0.3) is 0 Å². The molecule has 0 aliphatic rings. The maximum Gasteiger partial charge on any atom is 0.338 e. The van der Waals surface area contributed by atoms with Gasteiger partial charge in [0.25, 0.3) is 0 Å². The summed E-state index contributed by atoms with van der Waals surface area (Å²) in [6.45, 7) is 2.57. The van der Waals surface area contributed by atoms with E-state index in [1.807, 2.05) is 0 Å². The Morgan fingerprint density at radius 1 is 0.952 bits per heavy atom. The lowest BCUT2D eigenvalue weighted by Gasteiger charge is -2.13. The Kier molecular flexibility index (Phi) is 7.43. The first-order valence-electron chi connectivity index (χ1n) is 7.15. The van der Waals surface area contributed by atoms with E-state index in [-0.39, 0.29) is 5.97 Å². The fraction of sp³-hybridized carbons (Fsp3) is 0.562. The smallest absolute Gasteiger partial charge is 0.338 e. The second kappa shape index (κ2) is 9.10. The molecule has 5 heteroatoms. The van der Waals surface area contributed by atoms with Gasteiger partial charge in [0.1, 0.15) is 0 Å². The molecule has 0 radical (unpaired) electrons. The largest absolute Gasteiger partial charge is 0.493 e. The van der Waals surface area contributed by atoms with E-state index in [0.717, 1.165) is 25.7 Å². The molecule has 5 nitrogen and oxygen atoms in total. The molecule has 0 heterocycles. The highest BCUT2D eigenvalue weighted by atomic mass is 16.5. The van der Waals surface area contributed by atoms with E-state index < -0.39 is 0 Å². The highest BCUT2D eigenvalue weighted by Crippen LogP contribution is 2.38. The van der Waals surface area contributed by atoms with Crippen molar-refractivity contribution in [3.8, 4) is 17.2 Å². The standard InChI is InChI=1S/C16H24O5/c1-5-6-7-8-9-21-16(17)12-10-13(18-2)15(20-4)14(11-12)19-3/h10-11H,5-9H2,1-4H3. The summed E-state index contributed by atoms with van der Waals surface area (Å²) in [6.07, 6.45) is 4.26. The number of hydrogen-bond acceptors (Lipinski definition) is 5. The van der Waals surface area contributed by atoms with Crippen molar-refractivity contribution >= 4 is 5.97 Å². The molecule has 0 aromatic heterocycles. The number of carbonyl (C=O) groups excluding carboxylic acids is 1. The van der Waals surface area contributed by atoms with E-state index in [4.69, 9.17) is 18.9 Å². The van der Waals surface area contributed by atoms with Gasteiger partial charge in [-0.25, -0.2) is 4.79 Å². The van der Waals surface area contributed by atoms with Gasteiger partial charge in [-0.3, -0.25) is 0 Å². The summed E-state index contributed by atoms with van der Waals surface area (Å²) in [4.78, 5) is 12.0. The average molecular weight is 296 g/mol. The third-order valence-electron chi connectivity index (χ3n) is 3.13. The molecule has 1 aromatic carbocycles. The lowest BCUT2D eigenvalue weighted by atomic mass is 10.2. The quantitative estimate of drug-likeness (QED) is 0.516. The van der Waals surface area contributed by atoms with Crippen LogP contribution in [0.5, 0.6) is 17.2 Å². The van der Waals surface area contributed by atoms with Crippen molar-refractivity contribution in [1.82, 2.24) is 0 Å².